The Balaban J connectivity index is 2.47. The van der Waals surface area contributed by atoms with E-state index in [4.69, 9.17) is 0 Å². The van der Waals surface area contributed by atoms with Crippen LogP contribution in [0.5, 0.6) is 5.75 Å². The van der Waals surface area contributed by atoms with Crippen LogP contribution in [0.15, 0.2) is 17.0 Å². The summed E-state index contributed by atoms with van der Waals surface area (Å²) in [7, 11) is -3.71. The van der Waals surface area contributed by atoms with E-state index in [1.807, 2.05) is 0 Å². The van der Waals surface area contributed by atoms with Crippen molar-refractivity contribution in [3.63, 3.8) is 0 Å². The highest BCUT2D eigenvalue weighted by Gasteiger charge is 2.32. The Morgan fingerprint density at radius 2 is 1.83 bits per heavy atom. The average Bonchev–Trinajstić information content (AvgIpc) is 2.53. The second-order valence-corrected chi connectivity index (χ2v) is 6.31. The zero-order valence-corrected chi connectivity index (χ0v) is 11.0. The van der Waals surface area contributed by atoms with Crippen molar-refractivity contribution in [3.05, 3.63) is 33.7 Å². The molecule has 0 aromatic heterocycles. The molecule has 2 N–H and O–H groups in total. The van der Waals surface area contributed by atoms with Gasteiger partial charge in [0.1, 0.15) is 5.75 Å². The minimum absolute atomic E-state index is 0.0875. The minimum atomic E-state index is -3.71. The normalized spacial score (nSPS) is 21.6. The van der Waals surface area contributed by atoms with Gasteiger partial charge in [0.05, 0.1) is 4.91 Å². The molecule has 0 amide bonds. The maximum atomic E-state index is 11.7. The zero-order valence-electron chi connectivity index (χ0n) is 10.2. The first kappa shape index (κ1) is 13.1. The molecule has 98 valence electrons. The smallest absolute Gasteiger partial charge is 0.261 e. The van der Waals surface area contributed by atoms with Crippen LogP contribution in [0.25, 0.3) is 6.08 Å². The number of phenols is 1. The quantitative estimate of drug-likeness (QED) is 0.814. The van der Waals surface area contributed by atoms with Crippen LogP contribution < -0.4 is 0 Å². The van der Waals surface area contributed by atoms with E-state index < -0.39 is 10.0 Å². The molecule has 1 aliphatic heterocycles. The van der Waals surface area contributed by atoms with Crippen molar-refractivity contribution in [2.45, 2.75) is 20.3 Å². The highest BCUT2D eigenvalue weighted by Crippen LogP contribution is 2.28. The molecule has 2 rings (SSSR count). The zero-order chi connectivity index (χ0) is 13.5. The molecule has 0 spiro atoms. The molecule has 0 unspecified atom stereocenters. The van der Waals surface area contributed by atoms with Gasteiger partial charge in [-0.1, -0.05) is 4.47 Å². The van der Waals surface area contributed by atoms with Crippen molar-refractivity contribution >= 4 is 16.1 Å². The number of nitrogens with zero attached hydrogens (tertiary/aromatic N) is 1. The Morgan fingerprint density at radius 3 is 2.28 bits per heavy atom. The first-order chi connectivity index (χ1) is 8.32. The minimum Gasteiger partial charge on any atom is -0.507 e. The summed E-state index contributed by atoms with van der Waals surface area (Å²) in [6, 6.07) is 3.43. The number of hydroxylamine groups is 1. The van der Waals surface area contributed by atoms with Crippen molar-refractivity contribution in [3.8, 4) is 5.75 Å². The van der Waals surface area contributed by atoms with E-state index in [0.717, 1.165) is 0 Å². The van der Waals surface area contributed by atoms with E-state index >= 15 is 0 Å². The lowest BCUT2D eigenvalue weighted by Gasteiger charge is -2.06. The first-order valence-corrected chi connectivity index (χ1v) is 6.99. The Labute approximate surface area is 106 Å². The first-order valence-electron chi connectivity index (χ1n) is 5.55. The van der Waals surface area contributed by atoms with Gasteiger partial charge in [-0.2, -0.15) is 0 Å². The fourth-order valence-corrected chi connectivity index (χ4v) is 3.23. The highest BCUT2D eigenvalue weighted by molar-refractivity contribution is 7.93. The largest absolute Gasteiger partial charge is 0.507 e. The van der Waals surface area contributed by atoms with Crippen LogP contribution in [0.3, 0.4) is 0 Å². The fraction of sp³-hybridized carbons (Fsp3) is 0.333. The number of hydrogen-bond acceptors (Lipinski definition) is 4. The molecular weight excluding hydrogens is 254 g/mol. The van der Waals surface area contributed by atoms with Gasteiger partial charge >= 0.3 is 0 Å². The maximum Gasteiger partial charge on any atom is 0.261 e. The molecule has 0 saturated carbocycles. The summed E-state index contributed by atoms with van der Waals surface area (Å²) in [5, 5.41) is 18.9. The van der Waals surface area contributed by atoms with E-state index in [9.17, 15) is 18.7 Å². The predicted molar refractivity (Wildman–Crippen MR) is 67.6 cm³/mol. The predicted octanol–water partition coefficient (Wildman–Crippen LogP) is 1.77. The molecule has 0 bridgehead atoms. The van der Waals surface area contributed by atoms with Crippen LogP contribution in [-0.2, 0) is 10.0 Å². The monoisotopic (exact) mass is 269 g/mol. The molecule has 1 saturated heterocycles. The molecule has 1 fully saturated rings. The lowest BCUT2D eigenvalue weighted by molar-refractivity contribution is 0.0133. The van der Waals surface area contributed by atoms with Crippen LogP contribution in [0.1, 0.15) is 23.1 Å². The summed E-state index contributed by atoms with van der Waals surface area (Å²) in [6.07, 6.45) is 1.82. The molecular formula is C12H15NO4S. The van der Waals surface area contributed by atoms with Crippen LogP contribution in [-0.4, -0.2) is 29.7 Å². The summed E-state index contributed by atoms with van der Waals surface area (Å²) in [5.41, 5.74) is 2.09. The van der Waals surface area contributed by atoms with E-state index in [-0.39, 0.29) is 23.6 Å². The van der Waals surface area contributed by atoms with E-state index in [0.29, 0.717) is 21.2 Å². The van der Waals surface area contributed by atoms with Crippen molar-refractivity contribution in [1.29, 1.82) is 0 Å². The highest BCUT2D eigenvalue weighted by atomic mass is 32.2. The standard InChI is InChI=1S/C12H15NO4S/c1-8-5-10(6-9(2)12(8)14)7-11-3-4-13(15)18(11,16)17/h5-7,14-15H,3-4H2,1-2H3/b11-7+. The van der Waals surface area contributed by atoms with Gasteiger partial charge < -0.3 is 5.11 Å². The van der Waals surface area contributed by atoms with Gasteiger partial charge in [-0.25, -0.2) is 8.42 Å². The molecule has 1 aromatic carbocycles. The van der Waals surface area contributed by atoms with Gasteiger partial charge in [-0.15, -0.1) is 0 Å². The summed E-state index contributed by atoms with van der Waals surface area (Å²) < 4.78 is 23.7. The summed E-state index contributed by atoms with van der Waals surface area (Å²) in [5.74, 6) is 0.218. The molecule has 18 heavy (non-hydrogen) atoms. The summed E-state index contributed by atoms with van der Waals surface area (Å²) in [4.78, 5) is 0.189. The van der Waals surface area contributed by atoms with Gasteiger partial charge in [0.25, 0.3) is 10.0 Å². The van der Waals surface area contributed by atoms with Gasteiger partial charge in [0, 0.05) is 13.0 Å². The SMILES string of the molecule is Cc1cc(/C=C2\CCN(O)S2(=O)=O)cc(C)c1O. The van der Waals surface area contributed by atoms with Gasteiger partial charge in [0.2, 0.25) is 0 Å². The Kier molecular flexibility index (Phi) is 3.18. The molecule has 6 heteroatoms. The van der Waals surface area contributed by atoms with Crippen LogP contribution in [0.4, 0.5) is 0 Å². The van der Waals surface area contributed by atoms with Crippen molar-refractivity contribution in [2.75, 3.05) is 6.54 Å². The number of phenolic OH excluding ortho intramolecular Hbond substituents is 1. The number of rotatable bonds is 1. The van der Waals surface area contributed by atoms with E-state index in [1.165, 1.54) is 6.08 Å². The van der Waals surface area contributed by atoms with Crippen LogP contribution in [0, 0.1) is 13.8 Å². The van der Waals surface area contributed by atoms with Gasteiger partial charge in [-0.05, 0) is 48.7 Å². The van der Waals surface area contributed by atoms with Crippen molar-refractivity contribution in [2.24, 2.45) is 0 Å². The lowest BCUT2D eigenvalue weighted by atomic mass is 10.1. The lowest BCUT2D eigenvalue weighted by Crippen LogP contribution is -2.20. The molecule has 1 aliphatic rings. The third kappa shape index (κ3) is 2.14. The van der Waals surface area contributed by atoms with E-state index in [2.05, 4.69) is 0 Å². The molecule has 1 aromatic rings. The maximum absolute atomic E-state index is 11.7. The second kappa shape index (κ2) is 4.38. The third-order valence-corrected chi connectivity index (χ3v) is 4.72. The average molecular weight is 269 g/mol. The molecule has 0 radical (unpaired) electrons. The molecule has 1 heterocycles. The Bertz CT molecular complexity index is 596. The second-order valence-electron chi connectivity index (χ2n) is 4.41. The summed E-state index contributed by atoms with van der Waals surface area (Å²) >= 11 is 0. The van der Waals surface area contributed by atoms with Crippen LogP contribution in [0.2, 0.25) is 0 Å². The number of hydrogen-bond donors (Lipinski definition) is 2. The van der Waals surface area contributed by atoms with E-state index in [1.54, 1.807) is 26.0 Å². The molecule has 0 aliphatic carbocycles. The Morgan fingerprint density at radius 1 is 1.28 bits per heavy atom. The topological polar surface area (TPSA) is 77.8 Å². The van der Waals surface area contributed by atoms with Gasteiger partial charge in [-0.3, -0.25) is 5.21 Å². The third-order valence-electron chi connectivity index (χ3n) is 3.00. The van der Waals surface area contributed by atoms with Crippen molar-refractivity contribution < 1.29 is 18.7 Å². The molecule has 0 atom stereocenters. The van der Waals surface area contributed by atoms with Crippen molar-refractivity contribution in [1.82, 2.24) is 4.47 Å². The van der Waals surface area contributed by atoms with Crippen LogP contribution >= 0.6 is 0 Å². The fourth-order valence-electron chi connectivity index (χ4n) is 2.00. The number of aromatic hydroxyl groups is 1. The Hall–Kier alpha value is -1.37. The molecule has 5 nitrogen and oxygen atoms in total. The summed E-state index contributed by atoms with van der Waals surface area (Å²) in [6.45, 7) is 3.60. The van der Waals surface area contributed by atoms with Gasteiger partial charge in [0.15, 0.2) is 0 Å². The number of aryl methyl sites for hydroxylation is 2. The number of benzene rings is 1. The number of sulfonamides is 1.